The fourth-order valence-electron chi connectivity index (χ4n) is 2.64. The molecule has 0 spiro atoms. The molecule has 0 aliphatic carbocycles. The second-order valence-electron chi connectivity index (χ2n) is 4.95. The number of rotatable bonds is 2. The molecule has 0 unspecified atom stereocenters. The molecule has 0 saturated heterocycles. The average molecular weight is 331 g/mol. The predicted molar refractivity (Wildman–Crippen MR) is 84.8 cm³/mol. The second-order valence-corrected chi connectivity index (χ2v) is 5.86. The Balaban J connectivity index is 1.82. The SMILES string of the molecule is Nc1cccc2c1CCN2C(=O)Cc1cccc(Br)c1. The van der Waals surface area contributed by atoms with Crippen molar-refractivity contribution in [1.82, 2.24) is 0 Å². The summed E-state index contributed by atoms with van der Waals surface area (Å²) in [5, 5.41) is 0. The topological polar surface area (TPSA) is 46.3 Å². The molecule has 2 aromatic rings. The van der Waals surface area contributed by atoms with E-state index in [2.05, 4.69) is 15.9 Å². The van der Waals surface area contributed by atoms with E-state index < -0.39 is 0 Å². The van der Waals surface area contributed by atoms with Gasteiger partial charge in [-0.1, -0.05) is 34.1 Å². The molecule has 0 saturated carbocycles. The van der Waals surface area contributed by atoms with E-state index in [-0.39, 0.29) is 5.91 Å². The van der Waals surface area contributed by atoms with Crippen LogP contribution in [0.5, 0.6) is 0 Å². The lowest BCUT2D eigenvalue weighted by molar-refractivity contribution is -0.117. The molecule has 0 bridgehead atoms. The van der Waals surface area contributed by atoms with Gasteiger partial charge < -0.3 is 10.6 Å². The number of amides is 1. The Bertz CT molecular complexity index is 669. The summed E-state index contributed by atoms with van der Waals surface area (Å²) in [6, 6.07) is 13.6. The van der Waals surface area contributed by atoms with Crippen LogP contribution in [0.25, 0.3) is 0 Å². The van der Waals surface area contributed by atoms with Crippen molar-refractivity contribution < 1.29 is 4.79 Å². The van der Waals surface area contributed by atoms with Crippen molar-refractivity contribution in [2.75, 3.05) is 17.2 Å². The quantitative estimate of drug-likeness (QED) is 0.859. The highest BCUT2D eigenvalue weighted by molar-refractivity contribution is 9.10. The van der Waals surface area contributed by atoms with Crippen molar-refractivity contribution in [2.45, 2.75) is 12.8 Å². The van der Waals surface area contributed by atoms with E-state index in [4.69, 9.17) is 5.73 Å². The first-order valence-electron chi connectivity index (χ1n) is 6.57. The summed E-state index contributed by atoms with van der Waals surface area (Å²) in [7, 11) is 0. The molecule has 1 aliphatic rings. The lowest BCUT2D eigenvalue weighted by Gasteiger charge is -2.17. The number of fused-ring (bicyclic) bond motifs is 1. The van der Waals surface area contributed by atoms with Crippen LogP contribution in [0.4, 0.5) is 11.4 Å². The zero-order valence-corrected chi connectivity index (χ0v) is 12.6. The smallest absolute Gasteiger partial charge is 0.231 e. The molecule has 4 heteroatoms. The van der Waals surface area contributed by atoms with E-state index in [1.54, 1.807) is 0 Å². The number of carbonyl (C=O) groups excluding carboxylic acids is 1. The molecule has 1 amide bonds. The molecule has 0 radical (unpaired) electrons. The van der Waals surface area contributed by atoms with Crippen molar-refractivity contribution in [3.05, 3.63) is 58.1 Å². The molecule has 2 aromatic carbocycles. The van der Waals surface area contributed by atoms with Crippen LogP contribution in [0.3, 0.4) is 0 Å². The number of hydrogen-bond donors (Lipinski definition) is 1. The number of nitrogens with zero attached hydrogens (tertiary/aromatic N) is 1. The molecule has 3 nitrogen and oxygen atoms in total. The van der Waals surface area contributed by atoms with E-state index in [0.29, 0.717) is 6.42 Å². The van der Waals surface area contributed by atoms with Crippen LogP contribution in [-0.4, -0.2) is 12.5 Å². The third-order valence-corrected chi connectivity index (χ3v) is 4.10. The van der Waals surface area contributed by atoms with Gasteiger partial charge in [0.15, 0.2) is 0 Å². The summed E-state index contributed by atoms with van der Waals surface area (Å²) >= 11 is 3.43. The summed E-state index contributed by atoms with van der Waals surface area (Å²) in [5.74, 6) is 0.118. The van der Waals surface area contributed by atoms with Gasteiger partial charge in [0.25, 0.3) is 0 Å². The highest BCUT2D eigenvalue weighted by atomic mass is 79.9. The van der Waals surface area contributed by atoms with Crippen molar-refractivity contribution in [1.29, 1.82) is 0 Å². The van der Waals surface area contributed by atoms with Crippen LogP contribution in [0.2, 0.25) is 0 Å². The summed E-state index contributed by atoms with van der Waals surface area (Å²) in [6.07, 6.45) is 1.25. The molecule has 2 N–H and O–H groups in total. The third kappa shape index (κ3) is 2.43. The van der Waals surface area contributed by atoms with Crippen molar-refractivity contribution in [3.8, 4) is 0 Å². The number of anilines is 2. The molecule has 3 rings (SSSR count). The molecule has 20 heavy (non-hydrogen) atoms. The monoisotopic (exact) mass is 330 g/mol. The van der Waals surface area contributed by atoms with Gasteiger partial charge in [0.05, 0.1) is 6.42 Å². The molecular formula is C16H15BrN2O. The number of benzene rings is 2. The van der Waals surface area contributed by atoms with Crippen molar-refractivity contribution >= 4 is 33.2 Å². The van der Waals surface area contributed by atoms with Crippen LogP contribution in [-0.2, 0) is 17.6 Å². The highest BCUT2D eigenvalue weighted by Crippen LogP contribution is 2.32. The van der Waals surface area contributed by atoms with E-state index in [1.807, 2.05) is 47.4 Å². The number of hydrogen-bond acceptors (Lipinski definition) is 2. The van der Waals surface area contributed by atoms with Crippen molar-refractivity contribution in [2.24, 2.45) is 0 Å². The van der Waals surface area contributed by atoms with Crippen LogP contribution >= 0.6 is 15.9 Å². The van der Waals surface area contributed by atoms with Crippen LogP contribution < -0.4 is 10.6 Å². The number of nitrogen functional groups attached to an aromatic ring is 1. The first kappa shape index (κ1) is 13.2. The minimum absolute atomic E-state index is 0.118. The Morgan fingerprint density at radius 2 is 2.05 bits per heavy atom. The van der Waals surface area contributed by atoms with Crippen LogP contribution in [0.15, 0.2) is 46.9 Å². The predicted octanol–water partition coefficient (Wildman–Crippen LogP) is 3.16. The maximum absolute atomic E-state index is 12.5. The largest absolute Gasteiger partial charge is 0.398 e. The minimum atomic E-state index is 0.118. The summed E-state index contributed by atoms with van der Waals surface area (Å²) < 4.78 is 0.994. The highest BCUT2D eigenvalue weighted by Gasteiger charge is 2.25. The second kappa shape index (κ2) is 5.29. The van der Waals surface area contributed by atoms with Gasteiger partial charge in [0.2, 0.25) is 5.91 Å². The molecule has 0 atom stereocenters. The van der Waals surface area contributed by atoms with Crippen molar-refractivity contribution in [3.63, 3.8) is 0 Å². The zero-order valence-electron chi connectivity index (χ0n) is 11.0. The normalized spacial score (nSPS) is 13.3. The Kier molecular flexibility index (Phi) is 3.49. The molecule has 0 fully saturated rings. The fraction of sp³-hybridized carbons (Fsp3) is 0.188. The summed E-state index contributed by atoms with van der Waals surface area (Å²) in [5.41, 5.74) is 9.81. The standard InChI is InChI=1S/C16H15BrN2O/c17-12-4-1-3-11(9-12)10-16(20)19-8-7-13-14(18)5-2-6-15(13)19/h1-6,9H,7-8,10,18H2. The number of nitrogens with two attached hydrogens (primary N) is 1. The maximum atomic E-state index is 12.5. The Labute approximate surface area is 126 Å². The number of carbonyl (C=O) groups is 1. The number of halogens is 1. The van der Waals surface area contributed by atoms with E-state index in [1.165, 1.54) is 0 Å². The molecule has 1 heterocycles. The van der Waals surface area contributed by atoms with Crippen LogP contribution in [0.1, 0.15) is 11.1 Å². The zero-order chi connectivity index (χ0) is 14.1. The Hall–Kier alpha value is -1.81. The van der Waals surface area contributed by atoms with Gasteiger partial charge in [0, 0.05) is 28.0 Å². The van der Waals surface area contributed by atoms with Gasteiger partial charge in [0.1, 0.15) is 0 Å². The first-order valence-corrected chi connectivity index (χ1v) is 7.36. The lowest BCUT2D eigenvalue weighted by Crippen LogP contribution is -2.30. The lowest BCUT2D eigenvalue weighted by atomic mass is 10.1. The van der Waals surface area contributed by atoms with Crippen LogP contribution in [0, 0.1) is 0 Å². The summed E-state index contributed by atoms with van der Waals surface area (Å²) in [6.45, 7) is 0.719. The van der Waals surface area contributed by atoms with Gasteiger partial charge in [-0.25, -0.2) is 0 Å². The molecule has 1 aliphatic heterocycles. The first-order chi connectivity index (χ1) is 9.65. The Morgan fingerprint density at radius 1 is 1.25 bits per heavy atom. The van der Waals surface area contributed by atoms with Gasteiger partial charge in [-0.15, -0.1) is 0 Å². The van der Waals surface area contributed by atoms with E-state index in [0.717, 1.165) is 39.9 Å². The maximum Gasteiger partial charge on any atom is 0.231 e. The molecule has 0 aromatic heterocycles. The Morgan fingerprint density at radius 3 is 2.85 bits per heavy atom. The van der Waals surface area contributed by atoms with E-state index >= 15 is 0 Å². The molecule has 102 valence electrons. The summed E-state index contributed by atoms with van der Waals surface area (Å²) in [4.78, 5) is 14.3. The van der Waals surface area contributed by atoms with Gasteiger partial charge in [-0.2, -0.15) is 0 Å². The van der Waals surface area contributed by atoms with Gasteiger partial charge in [-0.05, 0) is 36.2 Å². The fourth-order valence-corrected chi connectivity index (χ4v) is 3.08. The molecular weight excluding hydrogens is 316 g/mol. The van der Waals surface area contributed by atoms with E-state index in [9.17, 15) is 4.79 Å². The van der Waals surface area contributed by atoms with Gasteiger partial charge >= 0.3 is 0 Å². The van der Waals surface area contributed by atoms with Gasteiger partial charge in [-0.3, -0.25) is 4.79 Å². The average Bonchev–Trinajstić information content (AvgIpc) is 2.84. The minimum Gasteiger partial charge on any atom is -0.398 e. The third-order valence-electron chi connectivity index (χ3n) is 3.61.